The fourth-order valence-corrected chi connectivity index (χ4v) is 1.35. The van der Waals surface area contributed by atoms with Crippen molar-refractivity contribution < 1.29 is 15.0 Å². The van der Waals surface area contributed by atoms with Crippen molar-refractivity contribution in [2.75, 3.05) is 6.61 Å². The van der Waals surface area contributed by atoms with Crippen LogP contribution in [0.1, 0.15) is 34.6 Å². The van der Waals surface area contributed by atoms with Gasteiger partial charge in [0.15, 0.2) is 0 Å². The summed E-state index contributed by atoms with van der Waals surface area (Å²) in [6, 6.07) is 0. The first-order valence-electron chi connectivity index (χ1n) is 4.50. The smallest absolute Gasteiger partial charge is 0.311 e. The van der Waals surface area contributed by atoms with Crippen LogP contribution in [0, 0.1) is 16.7 Å². The van der Waals surface area contributed by atoms with Gasteiger partial charge < -0.3 is 10.2 Å². The highest BCUT2D eigenvalue weighted by Crippen LogP contribution is 2.39. The van der Waals surface area contributed by atoms with E-state index in [0.29, 0.717) is 0 Å². The van der Waals surface area contributed by atoms with E-state index in [1.165, 1.54) is 0 Å². The first-order chi connectivity index (χ1) is 5.66. The molecule has 3 nitrogen and oxygen atoms in total. The second-order valence-electron chi connectivity index (χ2n) is 4.97. The number of hydrogen-bond donors (Lipinski definition) is 2. The minimum atomic E-state index is -1.04. The molecule has 0 rings (SSSR count). The van der Waals surface area contributed by atoms with E-state index in [1.807, 2.05) is 27.7 Å². The summed E-state index contributed by atoms with van der Waals surface area (Å²) in [6.07, 6.45) is 0. The highest BCUT2D eigenvalue weighted by molar-refractivity contribution is 5.74. The minimum Gasteiger partial charge on any atom is -0.481 e. The summed E-state index contributed by atoms with van der Waals surface area (Å²) in [5, 5.41) is 18.1. The second-order valence-corrected chi connectivity index (χ2v) is 4.97. The quantitative estimate of drug-likeness (QED) is 0.709. The van der Waals surface area contributed by atoms with Gasteiger partial charge in [0.2, 0.25) is 0 Å². The Bertz CT molecular complexity index is 193. The van der Waals surface area contributed by atoms with Crippen molar-refractivity contribution in [1.82, 2.24) is 0 Å². The minimum absolute atomic E-state index is 0.0810. The largest absolute Gasteiger partial charge is 0.481 e. The van der Waals surface area contributed by atoms with E-state index < -0.39 is 11.4 Å². The third-order valence-corrected chi connectivity index (χ3v) is 3.07. The van der Waals surface area contributed by atoms with Crippen LogP contribution in [0.3, 0.4) is 0 Å². The van der Waals surface area contributed by atoms with Crippen molar-refractivity contribution in [1.29, 1.82) is 0 Å². The van der Waals surface area contributed by atoms with Crippen LogP contribution >= 0.6 is 0 Å². The molecule has 0 saturated heterocycles. The maximum absolute atomic E-state index is 11.0. The van der Waals surface area contributed by atoms with E-state index in [0.717, 1.165) is 0 Å². The van der Waals surface area contributed by atoms with Gasteiger partial charge in [0.05, 0.1) is 12.0 Å². The SMILES string of the molecule is CC(C(C)(C)C)C(C)(CO)C(=O)O. The Hall–Kier alpha value is -0.570. The van der Waals surface area contributed by atoms with Crippen molar-refractivity contribution in [3.63, 3.8) is 0 Å². The maximum atomic E-state index is 11.0. The molecule has 0 aromatic carbocycles. The Morgan fingerprint density at radius 3 is 1.77 bits per heavy atom. The first-order valence-corrected chi connectivity index (χ1v) is 4.50. The third-order valence-electron chi connectivity index (χ3n) is 3.07. The summed E-state index contributed by atoms with van der Waals surface area (Å²) >= 11 is 0. The van der Waals surface area contributed by atoms with Gasteiger partial charge in [-0.05, 0) is 18.3 Å². The van der Waals surface area contributed by atoms with Crippen molar-refractivity contribution in [2.24, 2.45) is 16.7 Å². The van der Waals surface area contributed by atoms with Gasteiger partial charge in [0, 0.05) is 0 Å². The number of rotatable bonds is 3. The van der Waals surface area contributed by atoms with Gasteiger partial charge in [-0.3, -0.25) is 4.79 Å². The Kier molecular flexibility index (Phi) is 3.50. The van der Waals surface area contributed by atoms with Gasteiger partial charge in [-0.15, -0.1) is 0 Å². The molecular weight excluding hydrogens is 168 g/mol. The average molecular weight is 188 g/mol. The van der Waals surface area contributed by atoms with Crippen LogP contribution in [0.25, 0.3) is 0 Å². The molecule has 0 aromatic rings. The summed E-state index contributed by atoms with van der Waals surface area (Å²) in [5.74, 6) is -1.01. The maximum Gasteiger partial charge on any atom is 0.311 e. The molecule has 0 aliphatic rings. The summed E-state index contributed by atoms with van der Waals surface area (Å²) in [7, 11) is 0. The topological polar surface area (TPSA) is 57.5 Å². The molecule has 0 aromatic heterocycles. The number of aliphatic hydroxyl groups excluding tert-OH is 1. The van der Waals surface area contributed by atoms with Crippen LogP contribution in [0.4, 0.5) is 0 Å². The average Bonchev–Trinajstić information content (AvgIpc) is 1.99. The predicted molar refractivity (Wildman–Crippen MR) is 51.4 cm³/mol. The molecule has 78 valence electrons. The van der Waals surface area contributed by atoms with E-state index >= 15 is 0 Å². The molecule has 0 aliphatic carbocycles. The van der Waals surface area contributed by atoms with Crippen molar-refractivity contribution >= 4 is 5.97 Å². The number of carboxylic acids is 1. The molecule has 0 fully saturated rings. The number of aliphatic carboxylic acids is 1. The normalized spacial score (nSPS) is 19.2. The van der Waals surface area contributed by atoms with Gasteiger partial charge in [-0.2, -0.15) is 0 Å². The second kappa shape index (κ2) is 3.66. The zero-order valence-electron chi connectivity index (χ0n) is 9.09. The van der Waals surface area contributed by atoms with Crippen LogP contribution in [0.5, 0.6) is 0 Å². The molecule has 2 N–H and O–H groups in total. The van der Waals surface area contributed by atoms with Gasteiger partial charge in [0.25, 0.3) is 0 Å². The number of aliphatic hydroxyl groups is 1. The van der Waals surface area contributed by atoms with Crippen LogP contribution in [-0.4, -0.2) is 22.8 Å². The van der Waals surface area contributed by atoms with Gasteiger partial charge in [-0.25, -0.2) is 0 Å². The number of carboxylic acid groups (broad SMARTS) is 1. The van der Waals surface area contributed by atoms with Crippen LogP contribution in [0.15, 0.2) is 0 Å². The molecule has 13 heavy (non-hydrogen) atoms. The number of carbonyl (C=O) groups is 1. The van der Waals surface area contributed by atoms with E-state index in [1.54, 1.807) is 6.92 Å². The summed E-state index contributed by atoms with van der Waals surface area (Å²) < 4.78 is 0. The Morgan fingerprint density at radius 2 is 1.69 bits per heavy atom. The van der Waals surface area contributed by atoms with Crippen LogP contribution in [-0.2, 0) is 4.79 Å². The lowest BCUT2D eigenvalue weighted by Crippen LogP contribution is -2.43. The standard InChI is InChI=1S/C10H20O3/c1-7(9(2,3)4)10(5,6-11)8(12)13/h7,11H,6H2,1-5H3,(H,12,13). The molecule has 0 radical (unpaired) electrons. The summed E-state index contributed by atoms with van der Waals surface area (Å²) in [5.41, 5.74) is -1.16. The Morgan fingerprint density at radius 1 is 1.31 bits per heavy atom. The van der Waals surface area contributed by atoms with E-state index in [4.69, 9.17) is 10.2 Å². The predicted octanol–water partition coefficient (Wildman–Crippen LogP) is 1.75. The molecular formula is C10H20O3. The molecule has 2 atom stereocenters. The molecule has 3 heteroatoms. The van der Waals surface area contributed by atoms with Crippen molar-refractivity contribution in [3.05, 3.63) is 0 Å². The highest BCUT2D eigenvalue weighted by atomic mass is 16.4. The zero-order chi connectivity index (χ0) is 10.9. The summed E-state index contributed by atoms with van der Waals surface area (Å²) in [6.45, 7) is 9.08. The third kappa shape index (κ3) is 2.44. The van der Waals surface area contributed by atoms with E-state index in [-0.39, 0.29) is 17.9 Å². The van der Waals surface area contributed by atoms with Crippen molar-refractivity contribution in [2.45, 2.75) is 34.6 Å². The fraction of sp³-hybridized carbons (Fsp3) is 0.900. The lowest BCUT2D eigenvalue weighted by Gasteiger charge is -2.38. The molecule has 0 amide bonds. The van der Waals surface area contributed by atoms with Gasteiger partial charge in [-0.1, -0.05) is 27.7 Å². The van der Waals surface area contributed by atoms with Gasteiger partial charge in [0.1, 0.15) is 0 Å². The first kappa shape index (κ1) is 12.4. The Labute approximate surface area is 79.8 Å². The lowest BCUT2D eigenvalue weighted by atomic mass is 9.66. The molecule has 0 heterocycles. The molecule has 0 spiro atoms. The fourth-order valence-electron chi connectivity index (χ4n) is 1.35. The highest BCUT2D eigenvalue weighted by Gasteiger charge is 2.43. The van der Waals surface area contributed by atoms with Crippen LogP contribution < -0.4 is 0 Å². The van der Waals surface area contributed by atoms with Gasteiger partial charge >= 0.3 is 5.97 Å². The monoisotopic (exact) mass is 188 g/mol. The molecule has 0 bridgehead atoms. The van der Waals surface area contributed by atoms with Crippen LogP contribution in [0.2, 0.25) is 0 Å². The number of hydrogen-bond acceptors (Lipinski definition) is 2. The zero-order valence-corrected chi connectivity index (χ0v) is 9.09. The summed E-state index contributed by atoms with van der Waals surface area (Å²) in [4.78, 5) is 11.0. The molecule has 2 unspecified atom stereocenters. The molecule has 0 saturated carbocycles. The van der Waals surface area contributed by atoms with E-state index in [9.17, 15) is 4.79 Å². The molecule has 0 aliphatic heterocycles. The van der Waals surface area contributed by atoms with Crippen molar-refractivity contribution in [3.8, 4) is 0 Å². The lowest BCUT2D eigenvalue weighted by molar-refractivity contribution is -0.157. The Balaban J connectivity index is 4.88. The van der Waals surface area contributed by atoms with E-state index in [2.05, 4.69) is 0 Å².